The van der Waals surface area contributed by atoms with Gasteiger partial charge < -0.3 is 4.43 Å². The zero-order valence-corrected chi connectivity index (χ0v) is 18.7. The van der Waals surface area contributed by atoms with E-state index in [0.29, 0.717) is 0 Å². The van der Waals surface area contributed by atoms with Crippen LogP contribution in [0.4, 0.5) is 0 Å². The Balaban J connectivity index is 1.65. The fourth-order valence-electron chi connectivity index (χ4n) is 4.13. The van der Waals surface area contributed by atoms with Crippen LogP contribution in [0, 0.1) is 0 Å². The Morgan fingerprint density at radius 1 is 0.560 bits per heavy atom. The first-order valence-electron chi connectivity index (χ1n) is 12.0. The predicted octanol–water partition coefficient (Wildman–Crippen LogP) is 8.17. The first-order chi connectivity index (χ1) is 12.4. The Morgan fingerprint density at radius 3 is 1.40 bits per heavy atom. The summed E-state index contributed by atoms with van der Waals surface area (Å²) in [5, 5.41) is 0. The van der Waals surface area contributed by atoms with Gasteiger partial charge in [-0.15, -0.1) is 0 Å². The van der Waals surface area contributed by atoms with Crippen LogP contribution in [0.1, 0.15) is 129 Å². The number of hydrogen-bond acceptors (Lipinski definition) is 1. The minimum atomic E-state index is -0.721. The number of unbranched alkanes of at least 4 members (excludes halogenated alkanes) is 16. The van der Waals surface area contributed by atoms with Crippen LogP contribution < -0.4 is 0 Å². The van der Waals surface area contributed by atoms with Crippen LogP contribution in [0.15, 0.2) is 0 Å². The maximum absolute atomic E-state index is 5.95. The minimum Gasteiger partial charge on any atom is -0.420 e. The Hall–Kier alpha value is 0.177. The fourth-order valence-corrected chi connectivity index (χ4v) is 6.74. The average Bonchev–Trinajstić information content (AvgIpc) is 2.65. The third-order valence-electron chi connectivity index (χ3n) is 5.90. The highest BCUT2D eigenvalue weighted by atomic mass is 28.3. The van der Waals surface area contributed by atoms with E-state index in [-0.39, 0.29) is 0 Å². The van der Waals surface area contributed by atoms with Crippen molar-refractivity contribution in [3.8, 4) is 0 Å². The van der Waals surface area contributed by atoms with Crippen LogP contribution >= 0.6 is 0 Å². The summed E-state index contributed by atoms with van der Waals surface area (Å²) in [6.45, 7) is 3.38. The first-order valence-corrected chi connectivity index (χ1v) is 14.2. The van der Waals surface area contributed by atoms with E-state index < -0.39 is 9.04 Å². The van der Waals surface area contributed by atoms with Crippen LogP contribution in [0.25, 0.3) is 0 Å². The molecular formula is C23H48OSi. The average molecular weight is 369 g/mol. The van der Waals surface area contributed by atoms with Crippen LogP contribution in [-0.2, 0) is 4.43 Å². The summed E-state index contributed by atoms with van der Waals surface area (Å²) in [6.07, 6.45) is 27.8. The van der Waals surface area contributed by atoms with Gasteiger partial charge in [-0.2, -0.15) is 0 Å². The van der Waals surface area contributed by atoms with Crippen molar-refractivity contribution >= 4 is 9.04 Å². The third kappa shape index (κ3) is 16.1. The SMILES string of the molecule is CCCCCCCCCCCCCCCCCCC[SiH]1CCCCO1. The Labute approximate surface area is 161 Å². The summed E-state index contributed by atoms with van der Waals surface area (Å²) in [5.41, 5.74) is 0. The summed E-state index contributed by atoms with van der Waals surface area (Å²) in [7, 11) is -0.721. The van der Waals surface area contributed by atoms with Crippen molar-refractivity contribution in [1.29, 1.82) is 0 Å². The van der Waals surface area contributed by atoms with Crippen molar-refractivity contribution in [2.45, 2.75) is 141 Å². The molecular weight excluding hydrogens is 320 g/mol. The zero-order chi connectivity index (χ0) is 17.8. The molecule has 1 aliphatic rings. The Kier molecular flexibility index (Phi) is 17.6. The normalized spacial score (nSPS) is 17.9. The van der Waals surface area contributed by atoms with E-state index in [9.17, 15) is 0 Å². The smallest absolute Gasteiger partial charge is 0.176 e. The first kappa shape index (κ1) is 23.2. The number of hydrogen-bond donors (Lipinski definition) is 0. The standard InChI is InChI=1S/C23H48OSi/c1-2-3-4-5-6-7-8-9-10-11-12-13-14-15-16-17-19-22-25-23-20-18-21-24-25/h25H,2-23H2,1H3. The van der Waals surface area contributed by atoms with Crippen LogP contribution in [0.5, 0.6) is 0 Å². The molecule has 2 heteroatoms. The largest absolute Gasteiger partial charge is 0.420 e. The van der Waals surface area contributed by atoms with Crippen LogP contribution in [0.2, 0.25) is 12.1 Å². The topological polar surface area (TPSA) is 9.23 Å². The van der Waals surface area contributed by atoms with Crippen molar-refractivity contribution in [1.82, 2.24) is 0 Å². The third-order valence-corrected chi connectivity index (χ3v) is 8.72. The van der Waals surface area contributed by atoms with Crippen LogP contribution in [-0.4, -0.2) is 15.6 Å². The molecule has 1 nitrogen and oxygen atoms in total. The van der Waals surface area contributed by atoms with Crippen molar-refractivity contribution in [3.63, 3.8) is 0 Å². The molecule has 150 valence electrons. The highest BCUT2D eigenvalue weighted by Crippen LogP contribution is 2.18. The molecule has 1 heterocycles. The molecule has 0 aromatic rings. The van der Waals surface area contributed by atoms with E-state index in [0.717, 1.165) is 6.61 Å². The van der Waals surface area contributed by atoms with E-state index in [1.54, 1.807) is 0 Å². The quantitative estimate of drug-likeness (QED) is 0.175. The predicted molar refractivity (Wildman–Crippen MR) is 116 cm³/mol. The molecule has 0 N–H and O–H groups in total. The monoisotopic (exact) mass is 368 g/mol. The molecule has 0 aliphatic carbocycles. The van der Waals surface area contributed by atoms with E-state index in [1.807, 2.05) is 0 Å². The van der Waals surface area contributed by atoms with Gasteiger partial charge in [0.15, 0.2) is 9.04 Å². The maximum atomic E-state index is 5.95. The molecule has 0 aromatic heterocycles. The lowest BCUT2D eigenvalue weighted by atomic mass is 10.0. The Bertz CT molecular complexity index is 250. The summed E-state index contributed by atoms with van der Waals surface area (Å²) in [6, 6.07) is 2.91. The van der Waals surface area contributed by atoms with Crippen molar-refractivity contribution in [3.05, 3.63) is 0 Å². The molecule has 1 rings (SSSR count). The molecule has 0 aromatic carbocycles. The second-order valence-electron chi connectivity index (χ2n) is 8.43. The molecule has 0 bridgehead atoms. The summed E-state index contributed by atoms with van der Waals surface area (Å²) in [4.78, 5) is 0. The molecule has 1 unspecified atom stereocenters. The highest BCUT2D eigenvalue weighted by molar-refractivity contribution is 6.51. The molecule has 0 amide bonds. The second-order valence-corrected chi connectivity index (χ2v) is 11.2. The molecule has 1 saturated heterocycles. The minimum absolute atomic E-state index is 0.721. The number of rotatable bonds is 18. The van der Waals surface area contributed by atoms with Crippen molar-refractivity contribution < 1.29 is 4.43 Å². The molecule has 0 spiro atoms. The van der Waals surface area contributed by atoms with E-state index in [2.05, 4.69) is 6.92 Å². The van der Waals surface area contributed by atoms with Crippen molar-refractivity contribution in [2.75, 3.05) is 6.61 Å². The van der Waals surface area contributed by atoms with E-state index >= 15 is 0 Å². The van der Waals surface area contributed by atoms with Gasteiger partial charge in [-0.25, -0.2) is 0 Å². The summed E-state index contributed by atoms with van der Waals surface area (Å²) >= 11 is 0. The van der Waals surface area contributed by atoms with Gasteiger partial charge in [-0.05, 0) is 18.5 Å². The maximum Gasteiger partial charge on any atom is 0.176 e. The highest BCUT2D eigenvalue weighted by Gasteiger charge is 2.14. The molecule has 1 atom stereocenters. The molecule has 25 heavy (non-hydrogen) atoms. The van der Waals surface area contributed by atoms with E-state index in [4.69, 9.17) is 4.43 Å². The summed E-state index contributed by atoms with van der Waals surface area (Å²) in [5.74, 6) is 0. The van der Waals surface area contributed by atoms with Gasteiger partial charge in [0.05, 0.1) is 0 Å². The van der Waals surface area contributed by atoms with E-state index in [1.165, 1.54) is 134 Å². The van der Waals surface area contributed by atoms with Gasteiger partial charge in [-0.3, -0.25) is 0 Å². The van der Waals surface area contributed by atoms with Crippen molar-refractivity contribution in [2.24, 2.45) is 0 Å². The Morgan fingerprint density at radius 2 is 1.00 bits per heavy atom. The molecule has 1 aliphatic heterocycles. The van der Waals surface area contributed by atoms with Gasteiger partial charge in [0.2, 0.25) is 0 Å². The molecule has 0 saturated carbocycles. The van der Waals surface area contributed by atoms with Gasteiger partial charge in [0, 0.05) is 6.61 Å². The van der Waals surface area contributed by atoms with Crippen LogP contribution in [0.3, 0.4) is 0 Å². The molecule has 1 fully saturated rings. The fraction of sp³-hybridized carbons (Fsp3) is 1.00. The van der Waals surface area contributed by atoms with Gasteiger partial charge in [-0.1, -0.05) is 122 Å². The second kappa shape index (κ2) is 19.0. The lowest BCUT2D eigenvalue weighted by Gasteiger charge is -2.20. The van der Waals surface area contributed by atoms with Gasteiger partial charge in [0.1, 0.15) is 0 Å². The lowest BCUT2D eigenvalue weighted by Crippen LogP contribution is -2.22. The van der Waals surface area contributed by atoms with Gasteiger partial charge in [0.25, 0.3) is 0 Å². The van der Waals surface area contributed by atoms with Gasteiger partial charge >= 0.3 is 0 Å². The molecule has 0 radical (unpaired) electrons. The zero-order valence-electron chi connectivity index (χ0n) is 17.5. The lowest BCUT2D eigenvalue weighted by molar-refractivity contribution is 0.285. The summed E-state index contributed by atoms with van der Waals surface area (Å²) < 4.78 is 5.95.